The third-order valence-corrected chi connectivity index (χ3v) is 2.24. The van der Waals surface area contributed by atoms with E-state index in [2.05, 4.69) is 0 Å². The molecule has 0 atom stereocenters. The van der Waals surface area contributed by atoms with Crippen LogP contribution in [-0.2, 0) is 6.42 Å². The van der Waals surface area contributed by atoms with Gasteiger partial charge in [0.05, 0.1) is 5.69 Å². The zero-order valence-corrected chi connectivity index (χ0v) is 7.91. The summed E-state index contributed by atoms with van der Waals surface area (Å²) in [6.45, 7) is 1.92. The average Bonchev–Trinajstić information content (AvgIpc) is 2.19. The predicted molar refractivity (Wildman–Crippen MR) is 56.3 cm³/mol. The van der Waals surface area contributed by atoms with Gasteiger partial charge in [0.15, 0.2) is 5.58 Å². The third-order valence-electron chi connectivity index (χ3n) is 2.24. The summed E-state index contributed by atoms with van der Waals surface area (Å²) in [6.07, 6.45) is 0.674. The SMILES string of the molecule is CCc1cc2cccc(N)c2oc1=O. The average molecular weight is 189 g/mol. The van der Waals surface area contributed by atoms with Crippen molar-refractivity contribution < 1.29 is 4.42 Å². The first kappa shape index (κ1) is 8.81. The summed E-state index contributed by atoms with van der Waals surface area (Å²) in [5.41, 5.74) is 7.06. The zero-order chi connectivity index (χ0) is 10.1. The van der Waals surface area contributed by atoms with Gasteiger partial charge < -0.3 is 10.2 Å². The molecule has 0 unspecified atom stereocenters. The number of nitrogen functional groups attached to an aromatic ring is 1. The summed E-state index contributed by atoms with van der Waals surface area (Å²) in [6, 6.07) is 7.28. The molecule has 0 fully saturated rings. The summed E-state index contributed by atoms with van der Waals surface area (Å²) in [5.74, 6) is 0. The van der Waals surface area contributed by atoms with Gasteiger partial charge in [-0.1, -0.05) is 19.1 Å². The van der Waals surface area contributed by atoms with Crippen LogP contribution in [0.4, 0.5) is 5.69 Å². The standard InChI is InChI=1S/C11H11NO2/c1-2-7-6-8-4-3-5-9(12)10(8)14-11(7)13/h3-6H,2,12H2,1H3. The van der Waals surface area contributed by atoms with Crippen LogP contribution in [0.3, 0.4) is 0 Å². The van der Waals surface area contributed by atoms with Crippen molar-refractivity contribution in [1.82, 2.24) is 0 Å². The van der Waals surface area contributed by atoms with Crippen LogP contribution >= 0.6 is 0 Å². The summed E-state index contributed by atoms with van der Waals surface area (Å²) < 4.78 is 5.13. The first-order valence-corrected chi connectivity index (χ1v) is 4.53. The maximum atomic E-state index is 11.4. The smallest absolute Gasteiger partial charge is 0.339 e. The Morgan fingerprint density at radius 1 is 1.43 bits per heavy atom. The van der Waals surface area contributed by atoms with Crippen molar-refractivity contribution in [3.8, 4) is 0 Å². The van der Waals surface area contributed by atoms with Crippen LogP contribution in [0.1, 0.15) is 12.5 Å². The molecule has 3 heteroatoms. The first-order chi connectivity index (χ1) is 6.72. The minimum atomic E-state index is -0.294. The van der Waals surface area contributed by atoms with Crippen molar-refractivity contribution >= 4 is 16.7 Å². The van der Waals surface area contributed by atoms with E-state index in [4.69, 9.17) is 10.2 Å². The Balaban J connectivity index is 2.86. The fraction of sp³-hybridized carbons (Fsp3) is 0.182. The third kappa shape index (κ3) is 1.27. The fourth-order valence-corrected chi connectivity index (χ4v) is 1.46. The summed E-state index contributed by atoms with van der Waals surface area (Å²) >= 11 is 0. The molecule has 2 rings (SSSR count). The molecule has 0 amide bonds. The van der Waals surface area contributed by atoms with Gasteiger partial charge in [-0.25, -0.2) is 4.79 Å². The van der Waals surface area contributed by atoms with Crippen LogP contribution in [0.25, 0.3) is 11.0 Å². The second-order valence-electron chi connectivity index (χ2n) is 3.18. The predicted octanol–water partition coefficient (Wildman–Crippen LogP) is 1.94. The minimum Gasteiger partial charge on any atom is -0.420 e. The van der Waals surface area contributed by atoms with E-state index in [9.17, 15) is 4.79 Å². The molecule has 2 aromatic rings. The van der Waals surface area contributed by atoms with Gasteiger partial charge in [-0.15, -0.1) is 0 Å². The number of anilines is 1. The van der Waals surface area contributed by atoms with Crippen molar-refractivity contribution in [2.45, 2.75) is 13.3 Å². The van der Waals surface area contributed by atoms with E-state index in [0.29, 0.717) is 23.3 Å². The number of hydrogen-bond acceptors (Lipinski definition) is 3. The molecular formula is C11H11NO2. The van der Waals surface area contributed by atoms with Crippen molar-refractivity contribution in [2.24, 2.45) is 0 Å². The molecule has 0 saturated heterocycles. The monoisotopic (exact) mass is 189 g/mol. The maximum absolute atomic E-state index is 11.4. The van der Waals surface area contributed by atoms with E-state index in [-0.39, 0.29) is 5.63 Å². The Morgan fingerprint density at radius 3 is 2.93 bits per heavy atom. The molecule has 0 aliphatic heterocycles. The molecule has 0 aliphatic rings. The van der Waals surface area contributed by atoms with E-state index in [0.717, 1.165) is 5.39 Å². The highest BCUT2D eigenvalue weighted by molar-refractivity contribution is 5.87. The van der Waals surface area contributed by atoms with E-state index in [1.807, 2.05) is 25.1 Å². The number of para-hydroxylation sites is 1. The quantitative estimate of drug-likeness (QED) is 0.551. The van der Waals surface area contributed by atoms with Gasteiger partial charge in [-0.05, 0) is 18.6 Å². The molecule has 0 spiro atoms. The van der Waals surface area contributed by atoms with Crippen molar-refractivity contribution in [3.05, 3.63) is 40.2 Å². The van der Waals surface area contributed by atoms with E-state index in [1.54, 1.807) is 6.07 Å². The van der Waals surface area contributed by atoms with Crippen LogP contribution in [0, 0.1) is 0 Å². The lowest BCUT2D eigenvalue weighted by Crippen LogP contribution is -2.06. The second kappa shape index (κ2) is 3.18. The Morgan fingerprint density at radius 2 is 2.21 bits per heavy atom. The summed E-state index contributed by atoms with van der Waals surface area (Å²) in [4.78, 5) is 11.4. The normalized spacial score (nSPS) is 10.6. The molecule has 2 N–H and O–H groups in total. The molecule has 0 bridgehead atoms. The molecule has 0 saturated carbocycles. The number of aryl methyl sites for hydroxylation is 1. The maximum Gasteiger partial charge on any atom is 0.339 e. The summed E-state index contributed by atoms with van der Waals surface area (Å²) in [7, 11) is 0. The van der Waals surface area contributed by atoms with E-state index < -0.39 is 0 Å². The van der Waals surface area contributed by atoms with Crippen LogP contribution in [0.5, 0.6) is 0 Å². The van der Waals surface area contributed by atoms with Gasteiger partial charge in [-0.2, -0.15) is 0 Å². The first-order valence-electron chi connectivity index (χ1n) is 4.53. The number of fused-ring (bicyclic) bond motifs is 1. The van der Waals surface area contributed by atoms with Gasteiger partial charge in [0, 0.05) is 10.9 Å². The summed E-state index contributed by atoms with van der Waals surface area (Å²) in [5, 5.41) is 0.876. The van der Waals surface area contributed by atoms with Crippen molar-refractivity contribution in [2.75, 3.05) is 5.73 Å². The lowest BCUT2D eigenvalue weighted by Gasteiger charge is -2.01. The Labute approximate surface area is 81.1 Å². The van der Waals surface area contributed by atoms with Gasteiger partial charge >= 0.3 is 5.63 Å². The van der Waals surface area contributed by atoms with Gasteiger partial charge in [-0.3, -0.25) is 0 Å². The van der Waals surface area contributed by atoms with Crippen LogP contribution in [-0.4, -0.2) is 0 Å². The topological polar surface area (TPSA) is 56.2 Å². The van der Waals surface area contributed by atoms with E-state index in [1.165, 1.54) is 0 Å². The Bertz CT molecular complexity index is 528. The second-order valence-corrected chi connectivity index (χ2v) is 3.18. The lowest BCUT2D eigenvalue weighted by molar-refractivity contribution is 0.553. The highest BCUT2D eigenvalue weighted by Gasteiger charge is 2.04. The van der Waals surface area contributed by atoms with Crippen molar-refractivity contribution in [3.63, 3.8) is 0 Å². The largest absolute Gasteiger partial charge is 0.420 e. The van der Waals surface area contributed by atoms with Gasteiger partial charge in [0.1, 0.15) is 0 Å². The van der Waals surface area contributed by atoms with E-state index >= 15 is 0 Å². The zero-order valence-electron chi connectivity index (χ0n) is 7.91. The Kier molecular flexibility index (Phi) is 2.00. The Hall–Kier alpha value is -1.77. The van der Waals surface area contributed by atoms with Gasteiger partial charge in [0.25, 0.3) is 0 Å². The molecule has 1 aromatic heterocycles. The number of hydrogen-bond donors (Lipinski definition) is 1. The highest BCUT2D eigenvalue weighted by Crippen LogP contribution is 2.19. The number of nitrogens with two attached hydrogens (primary N) is 1. The van der Waals surface area contributed by atoms with Crippen LogP contribution in [0.2, 0.25) is 0 Å². The lowest BCUT2D eigenvalue weighted by atomic mass is 10.1. The molecule has 0 radical (unpaired) electrons. The van der Waals surface area contributed by atoms with Gasteiger partial charge in [0.2, 0.25) is 0 Å². The number of benzene rings is 1. The van der Waals surface area contributed by atoms with Crippen LogP contribution in [0.15, 0.2) is 33.5 Å². The fourth-order valence-electron chi connectivity index (χ4n) is 1.46. The van der Waals surface area contributed by atoms with Crippen molar-refractivity contribution in [1.29, 1.82) is 0 Å². The molecule has 72 valence electrons. The molecule has 1 heterocycles. The minimum absolute atomic E-state index is 0.294. The molecule has 1 aromatic carbocycles. The number of rotatable bonds is 1. The molecule has 14 heavy (non-hydrogen) atoms. The highest BCUT2D eigenvalue weighted by atomic mass is 16.4. The molecule has 0 aliphatic carbocycles. The van der Waals surface area contributed by atoms with Crippen LogP contribution < -0.4 is 11.4 Å². The molecule has 3 nitrogen and oxygen atoms in total. The molecular weight excluding hydrogens is 178 g/mol.